The molecule has 3 heteroatoms. The van der Waals surface area contributed by atoms with Crippen molar-refractivity contribution in [2.75, 3.05) is 6.54 Å². The van der Waals surface area contributed by atoms with Gasteiger partial charge >= 0.3 is 0 Å². The molecule has 0 aliphatic carbocycles. The molecule has 1 aromatic rings. The Morgan fingerprint density at radius 3 is 3.17 bits per heavy atom. The molecule has 0 spiro atoms. The number of aromatic nitrogens is 2. The van der Waals surface area contributed by atoms with Crippen LogP contribution in [0.15, 0.2) is 25.0 Å². The first-order chi connectivity index (χ1) is 5.77. The lowest BCUT2D eigenvalue weighted by Crippen LogP contribution is -2.08. The second-order valence-corrected chi connectivity index (χ2v) is 2.92. The highest BCUT2D eigenvalue weighted by molar-refractivity contribution is 5.10. The van der Waals surface area contributed by atoms with Gasteiger partial charge in [-0.15, -0.1) is 6.58 Å². The summed E-state index contributed by atoms with van der Waals surface area (Å²) in [6.45, 7) is 7.16. The van der Waals surface area contributed by atoms with Crippen molar-refractivity contribution >= 4 is 0 Å². The van der Waals surface area contributed by atoms with Gasteiger partial charge in [0.2, 0.25) is 0 Å². The van der Waals surface area contributed by atoms with Gasteiger partial charge in [0, 0.05) is 6.20 Å². The normalized spacial score (nSPS) is 12.8. The molecule has 1 aromatic heterocycles. The smallest absolute Gasteiger partial charge is 0.0587 e. The van der Waals surface area contributed by atoms with Gasteiger partial charge in [0.05, 0.1) is 12.7 Å². The number of nitrogens with zero attached hydrogens (tertiary/aromatic N) is 2. The summed E-state index contributed by atoms with van der Waals surface area (Å²) < 4.78 is 1.86. The summed E-state index contributed by atoms with van der Waals surface area (Å²) in [5.74, 6) is 0.392. The molecule has 0 saturated carbocycles. The predicted octanol–water partition coefficient (Wildman–Crippen LogP) is 1.13. The Kier molecular flexibility index (Phi) is 3.05. The molecule has 0 fully saturated rings. The molecule has 0 amide bonds. The van der Waals surface area contributed by atoms with E-state index in [1.165, 1.54) is 5.56 Å². The summed E-state index contributed by atoms with van der Waals surface area (Å²) in [6, 6.07) is 0. The van der Waals surface area contributed by atoms with Crippen LogP contribution in [0.3, 0.4) is 0 Å². The average Bonchev–Trinajstić information content (AvgIpc) is 2.52. The van der Waals surface area contributed by atoms with Gasteiger partial charge < -0.3 is 5.73 Å². The van der Waals surface area contributed by atoms with Crippen LogP contribution >= 0.6 is 0 Å². The summed E-state index contributed by atoms with van der Waals surface area (Å²) in [5.41, 5.74) is 6.72. The van der Waals surface area contributed by atoms with Crippen molar-refractivity contribution in [3.63, 3.8) is 0 Å². The van der Waals surface area contributed by atoms with E-state index in [-0.39, 0.29) is 0 Å². The second kappa shape index (κ2) is 4.07. The number of allylic oxidation sites excluding steroid dienone is 1. The third-order valence-electron chi connectivity index (χ3n) is 1.89. The van der Waals surface area contributed by atoms with E-state index >= 15 is 0 Å². The molecule has 1 atom stereocenters. The molecule has 1 unspecified atom stereocenters. The molecule has 0 aliphatic heterocycles. The quantitative estimate of drug-likeness (QED) is 0.680. The van der Waals surface area contributed by atoms with Crippen LogP contribution in [0.1, 0.15) is 18.4 Å². The number of hydrogen-bond donors (Lipinski definition) is 1. The van der Waals surface area contributed by atoms with Crippen molar-refractivity contribution in [1.82, 2.24) is 9.78 Å². The van der Waals surface area contributed by atoms with Crippen LogP contribution in [-0.4, -0.2) is 16.3 Å². The highest BCUT2D eigenvalue weighted by atomic mass is 15.3. The van der Waals surface area contributed by atoms with E-state index in [4.69, 9.17) is 5.73 Å². The van der Waals surface area contributed by atoms with E-state index < -0.39 is 0 Å². The van der Waals surface area contributed by atoms with Crippen molar-refractivity contribution in [3.8, 4) is 0 Å². The molecule has 1 heterocycles. The van der Waals surface area contributed by atoms with Crippen LogP contribution in [-0.2, 0) is 6.54 Å². The van der Waals surface area contributed by atoms with Crippen molar-refractivity contribution in [3.05, 3.63) is 30.6 Å². The van der Waals surface area contributed by atoms with Crippen LogP contribution < -0.4 is 5.73 Å². The molecule has 0 aromatic carbocycles. The fourth-order valence-electron chi connectivity index (χ4n) is 1.00. The van der Waals surface area contributed by atoms with Gasteiger partial charge in [-0.1, -0.05) is 13.0 Å². The summed E-state index contributed by atoms with van der Waals surface area (Å²) >= 11 is 0. The van der Waals surface area contributed by atoms with E-state index in [0.29, 0.717) is 12.5 Å². The minimum Gasteiger partial charge on any atom is -0.330 e. The zero-order valence-electron chi connectivity index (χ0n) is 7.40. The van der Waals surface area contributed by atoms with E-state index in [0.717, 1.165) is 6.54 Å². The Labute approximate surface area is 72.9 Å². The molecular weight excluding hydrogens is 150 g/mol. The van der Waals surface area contributed by atoms with Gasteiger partial charge in [-0.05, 0) is 18.0 Å². The molecule has 3 nitrogen and oxygen atoms in total. The summed E-state index contributed by atoms with van der Waals surface area (Å²) in [4.78, 5) is 0. The van der Waals surface area contributed by atoms with Crippen molar-refractivity contribution in [2.24, 2.45) is 5.73 Å². The third-order valence-corrected chi connectivity index (χ3v) is 1.89. The van der Waals surface area contributed by atoms with Crippen LogP contribution in [0, 0.1) is 0 Å². The topological polar surface area (TPSA) is 43.8 Å². The van der Waals surface area contributed by atoms with E-state index in [1.54, 1.807) is 0 Å². The fourth-order valence-corrected chi connectivity index (χ4v) is 1.00. The van der Waals surface area contributed by atoms with Gasteiger partial charge in [0.15, 0.2) is 0 Å². The minimum atomic E-state index is 0.392. The predicted molar refractivity (Wildman–Crippen MR) is 49.9 cm³/mol. The summed E-state index contributed by atoms with van der Waals surface area (Å²) in [6.07, 6.45) is 5.70. The zero-order chi connectivity index (χ0) is 8.97. The molecule has 1 rings (SSSR count). The standard InChI is InChI=1S/C9H15N3/c1-3-4-12-7-9(6-11-12)8(2)5-10/h3,6-8H,1,4-5,10H2,2H3. The second-order valence-electron chi connectivity index (χ2n) is 2.92. The van der Waals surface area contributed by atoms with Crippen LogP contribution in [0.4, 0.5) is 0 Å². The molecule has 0 saturated heterocycles. The Bertz CT molecular complexity index is 252. The molecular formula is C9H15N3. The van der Waals surface area contributed by atoms with Gasteiger partial charge in [0.25, 0.3) is 0 Å². The van der Waals surface area contributed by atoms with Gasteiger partial charge in [-0.3, -0.25) is 4.68 Å². The first-order valence-corrected chi connectivity index (χ1v) is 4.11. The maximum absolute atomic E-state index is 5.53. The van der Waals surface area contributed by atoms with Crippen molar-refractivity contribution in [1.29, 1.82) is 0 Å². The van der Waals surface area contributed by atoms with E-state index in [2.05, 4.69) is 18.6 Å². The lowest BCUT2D eigenvalue weighted by atomic mass is 10.1. The number of nitrogens with two attached hydrogens (primary N) is 1. The lowest BCUT2D eigenvalue weighted by molar-refractivity contribution is 0.699. The van der Waals surface area contributed by atoms with Gasteiger partial charge in [0.1, 0.15) is 0 Å². The average molecular weight is 165 g/mol. The van der Waals surface area contributed by atoms with Crippen LogP contribution in [0.25, 0.3) is 0 Å². The maximum atomic E-state index is 5.53. The van der Waals surface area contributed by atoms with E-state index in [9.17, 15) is 0 Å². The zero-order valence-corrected chi connectivity index (χ0v) is 7.40. The number of hydrogen-bond acceptors (Lipinski definition) is 2. The molecule has 0 bridgehead atoms. The monoisotopic (exact) mass is 165 g/mol. The molecule has 12 heavy (non-hydrogen) atoms. The first-order valence-electron chi connectivity index (χ1n) is 4.11. The highest BCUT2D eigenvalue weighted by Gasteiger charge is 2.04. The third kappa shape index (κ3) is 1.95. The Hall–Kier alpha value is -1.09. The Morgan fingerprint density at radius 2 is 2.58 bits per heavy atom. The number of rotatable bonds is 4. The molecule has 2 N–H and O–H groups in total. The summed E-state index contributed by atoms with van der Waals surface area (Å²) in [5, 5.41) is 4.16. The highest BCUT2D eigenvalue weighted by Crippen LogP contribution is 2.11. The fraction of sp³-hybridized carbons (Fsp3) is 0.444. The molecule has 0 aliphatic rings. The van der Waals surface area contributed by atoms with Crippen LogP contribution in [0.2, 0.25) is 0 Å². The SMILES string of the molecule is C=CCn1cc(C(C)CN)cn1. The summed E-state index contributed by atoms with van der Waals surface area (Å²) in [7, 11) is 0. The van der Waals surface area contributed by atoms with Gasteiger partial charge in [-0.25, -0.2) is 0 Å². The Morgan fingerprint density at radius 1 is 1.83 bits per heavy atom. The van der Waals surface area contributed by atoms with Gasteiger partial charge in [-0.2, -0.15) is 5.10 Å². The lowest BCUT2D eigenvalue weighted by Gasteiger charge is -2.02. The van der Waals surface area contributed by atoms with Crippen LogP contribution in [0.5, 0.6) is 0 Å². The first kappa shape index (κ1) is 9.00. The Balaban J connectivity index is 2.69. The maximum Gasteiger partial charge on any atom is 0.0587 e. The largest absolute Gasteiger partial charge is 0.330 e. The van der Waals surface area contributed by atoms with Crippen molar-refractivity contribution < 1.29 is 0 Å². The van der Waals surface area contributed by atoms with Crippen molar-refractivity contribution in [2.45, 2.75) is 19.4 Å². The molecule has 66 valence electrons. The van der Waals surface area contributed by atoms with E-state index in [1.807, 2.05) is 23.2 Å². The minimum absolute atomic E-state index is 0.392. The molecule has 0 radical (unpaired) electrons.